The highest BCUT2D eigenvalue weighted by Crippen LogP contribution is 2.22. The lowest BCUT2D eigenvalue weighted by molar-refractivity contribution is -0.0874. The van der Waals surface area contributed by atoms with Crippen LogP contribution in [0.2, 0.25) is 0 Å². The van der Waals surface area contributed by atoms with Gasteiger partial charge < -0.3 is 15.0 Å². The molecule has 6 heteroatoms. The summed E-state index contributed by atoms with van der Waals surface area (Å²) in [5.41, 5.74) is -0.226. The van der Waals surface area contributed by atoms with Gasteiger partial charge >= 0.3 is 6.03 Å². The second kappa shape index (κ2) is 6.10. The van der Waals surface area contributed by atoms with E-state index in [1.807, 2.05) is 24.9 Å². The lowest BCUT2D eigenvalue weighted by Crippen LogP contribution is -2.54. The molecule has 0 aromatic carbocycles. The van der Waals surface area contributed by atoms with E-state index in [1.165, 1.54) is 0 Å². The largest absolute Gasteiger partial charge is 0.372 e. The van der Waals surface area contributed by atoms with Gasteiger partial charge in [-0.2, -0.15) is 0 Å². The molecular formula is C14H23N3O2S. The normalized spacial score (nSPS) is 24.5. The number of hydrogen-bond acceptors (Lipinski definition) is 4. The van der Waals surface area contributed by atoms with Crippen LogP contribution in [0.4, 0.5) is 4.79 Å². The first-order chi connectivity index (χ1) is 9.43. The molecule has 1 aliphatic rings. The zero-order valence-corrected chi connectivity index (χ0v) is 13.4. The number of carbonyl (C=O) groups excluding carboxylic acids is 1. The quantitative estimate of drug-likeness (QED) is 0.933. The van der Waals surface area contributed by atoms with E-state index in [1.54, 1.807) is 11.3 Å². The topological polar surface area (TPSA) is 54.5 Å². The van der Waals surface area contributed by atoms with Crippen molar-refractivity contribution in [3.05, 3.63) is 16.1 Å². The van der Waals surface area contributed by atoms with E-state index >= 15 is 0 Å². The van der Waals surface area contributed by atoms with Crippen LogP contribution in [0.5, 0.6) is 0 Å². The highest BCUT2D eigenvalue weighted by Gasteiger charge is 2.33. The average Bonchev–Trinajstić information content (AvgIpc) is 2.85. The summed E-state index contributed by atoms with van der Waals surface area (Å²) in [4.78, 5) is 19.6. The Bertz CT molecular complexity index is 477. The number of amides is 2. The zero-order valence-electron chi connectivity index (χ0n) is 12.6. The van der Waals surface area contributed by atoms with Crippen molar-refractivity contribution in [3.8, 4) is 0 Å². The zero-order chi connectivity index (χ0) is 14.8. The number of nitrogens with zero attached hydrogens (tertiary/aromatic N) is 2. The van der Waals surface area contributed by atoms with Gasteiger partial charge in [-0.05, 0) is 27.2 Å². The minimum atomic E-state index is -0.226. The Morgan fingerprint density at radius 1 is 1.70 bits per heavy atom. The highest BCUT2D eigenvalue weighted by molar-refractivity contribution is 7.11. The van der Waals surface area contributed by atoms with Crippen molar-refractivity contribution in [3.63, 3.8) is 0 Å². The van der Waals surface area contributed by atoms with Gasteiger partial charge in [0, 0.05) is 17.6 Å². The Labute approximate surface area is 124 Å². The minimum Gasteiger partial charge on any atom is -0.372 e. The Morgan fingerprint density at radius 2 is 2.45 bits per heavy atom. The van der Waals surface area contributed by atoms with E-state index in [9.17, 15) is 4.79 Å². The molecule has 1 saturated heterocycles. The van der Waals surface area contributed by atoms with Crippen LogP contribution < -0.4 is 5.32 Å². The fourth-order valence-corrected chi connectivity index (χ4v) is 3.00. The molecule has 0 aliphatic carbocycles. The van der Waals surface area contributed by atoms with E-state index in [0.717, 1.165) is 16.3 Å². The summed E-state index contributed by atoms with van der Waals surface area (Å²) in [6, 6.07) is -0.0924. The number of morpholine rings is 1. The third kappa shape index (κ3) is 3.49. The Balaban J connectivity index is 1.94. The molecule has 0 spiro atoms. The van der Waals surface area contributed by atoms with Crippen molar-refractivity contribution in [2.24, 2.45) is 0 Å². The molecule has 2 amide bonds. The van der Waals surface area contributed by atoms with Crippen LogP contribution in [-0.4, -0.2) is 41.2 Å². The van der Waals surface area contributed by atoms with Gasteiger partial charge in [0.1, 0.15) is 5.01 Å². The molecule has 2 heterocycles. The van der Waals surface area contributed by atoms with Gasteiger partial charge in [0.15, 0.2) is 0 Å². The summed E-state index contributed by atoms with van der Waals surface area (Å²) in [6.07, 6.45) is 2.74. The average molecular weight is 297 g/mol. The molecule has 0 radical (unpaired) electrons. The second-order valence-corrected chi connectivity index (χ2v) is 6.82. The van der Waals surface area contributed by atoms with E-state index < -0.39 is 0 Å². The van der Waals surface area contributed by atoms with Crippen molar-refractivity contribution < 1.29 is 9.53 Å². The van der Waals surface area contributed by atoms with E-state index in [0.29, 0.717) is 19.7 Å². The van der Waals surface area contributed by atoms with Crippen molar-refractivity contribution in [1.29, 1.82) is 0 Å². The smallest absolute Gasteiger partial charge is 0.318 e. The number of thiazole rings is 1. The predicted molar refractivity (Wildman–Crippen MR) is 80.0 cm³/mol. The standard InChI is InChI=1S/C14H23N3O2S/c1-5-14(4)9-17(6-7-19-14)13(18)16-11(3)12-15-8-10(2)20-12/h8,11H,5-7,9H2,1-4H3,(H,16,18). The third-order valence-corrected chi connectivity index (χ3v) is 4.82. The molecule has 2 atom stereocenters. The number of urea groups is 1. The molecule has 1 aliphatic heterocycles. The summed E-state index contributed by atoms with van der Waals surface area (Å²) in [5.74, 6) is 0. The Morgan fingerprint density at radius 3 is 3.05 bits per heavy atom. The van der Waals surface area contributed by atoms with Gasteiger partial charge in [0.05, 0.1) is 24.8 Å². The Kier molecular flexibility index (Phi) is 4.65. The molecular weight excluding hydrogens is 274 g/mol. The number of aryl methyl sites for hydroxylation is 1. The van der Waals surface area contributed by atoms with Crippen LogP contribution in [0.15, 0.2) is 6.20 Å². The number of nitrogens with one attached hydrogen (secondary N) is 1. The van der Waals surface area contributed by atoms with Crippen LogP contribution >= 0.6 is 11.3 Å². The summed E-state index contributed by atoms with van der Waals surface area (Å²) >= 11 is 1.62. The number of rotatable bonds is 3. The first kappa shape index (κ1) is 15.3. The van der Waals surface area contributed by atoms with Crippen molar-refractivity contribution in [1.82, 2.24) is 15.2 Å². The first-order valence-electron chi connectivity index (χ1n) is 7.05. The van der Waals surface area contributed by atoms with Gasteiger partial charge in [-0.3, -0.25) is 0 Å². The predicted octanol–water partition coefficient (Wildman–Crippen LogP) is 2.72. The highest BCUT2D eigenvalue weighted by atomic mass is 32.1. The van der Waals surface area contributed by atoms with Crippen LogP contribution in [0, 0.1) is 6.92 Å². The number of hydrogen-bond donors (Lipinski definition) is 1. The number of carbonyl (C=O) groups is 1. The summed E-state index contributed by atoms with van der Waals surface area (Å²) in [6.45, 7) is 10.0. The second-order valence-electron chi connectivity index (χ2n) is 5.55. The summed E-state index contributed by atoms with van der Waals surface area (Å²) < 4.78 is 5.76. The van der Waals surface area contributed by atoms with Crippen LogP contribution in [0.3, 0.4) is 0 Å². The fourth-order valence-electron chi connectivity index (χ4n) is 2.23. The maximum Gasteiger partial charge on any atom is 0.318 e. The van der Waals surface area contributed by atoms with E-state index in [4.69, 9.17) is 4.74 Å². The van der Waals surface area contributed by atoms with Crippen LogP contribution in [0.25, 0.3) is 0 Å². The molecule has 2 unspecified atom stereocenters. The molecule has 1 N–H and O–H groups in total. The molecule has 1 fully saturated rings. The van der Waals surface area contributed by atoms with Crippen molar-refractivity contribution >= 4 is 17.4 Å². The minimum absolute atomic E-state index is 0.0340. The van der Waals surface area contributed by atoms with Crippen LogP contribution in [-0.2, 0) is 4.74 Å². The van der Waals surface area contributed by atoms with E-state index in [-0.39, 0.29) is 17.7 Å². The third-order valence-electron chi connectivity index (χ3n) is 3.72. The summed E-state index contributed by atoms with van der Waals surface area (Å²) in [7, 11) is 0. The van der Waals surface area contributed by atoms with Crippen LogP contribution in [0.1, 0.15) is 43.1 Å². The van der Waals surface area contributed by atoms with Gasteiger partial charge in [-0.1, -0.05) is 6.92 Å². The molecule has 112 valence electrons. The lowest BCUT2D eigenvalue weighted by Gasteiger charge is -2.40. The molecule has 1 aromatic heterocycles. The monoisotopic (exact) mass is 297 g/mol. The maximum atomic E-state index is 12.3. The van der Waals surface area contributed by atoms with Crippen molar-refractivity contribution in [2.45, 2.75) is 45.8 Å². The maximum absolute atomic E-state index is 12.3. The molecule has 20 heavy (non-hydrogen) atoms. The Hall–Kier alpha value is -1.14. The lowest BCUT2D eigenvalue weighted by atomic mass is 10.0. The molecule has 0 saturated carbocycles. The SMILES string of the molecule is CCC1(C)CN(C(=O)NC(C)c2ncc(C)s2)CCO1. The fraction of sp³-hybridized carbons (Fsp3) is 0.714. The van der Waals surface area contributed by atoms with E-state index in [2.05, 4.69) is 24.1 Å². The number of ether oxygens (including phenoxy) is 1. The van der Waals surface area contributed by atoms with Gasteiger partial charge in [-0.15, -0.1) is 11.3 Å². The molecule has 1 aromatic rings. The molecule has 0 bridgehead atoms. The van der Waals surface area contributed by atoms with Gasteiger partial charge in [0.25, 0.3) is 0 Å². The molecule has 5 nitrogen and oxygen atoms in total. The van der Waals surface area contributed by atoms with Gasteiger partial charge in [0.2, 0.25) is 0 Å². The first-order valence-corrected chi connectivity index (χ1v) is 7.87. The summed E-state index contributed by atoms with van der Waals surface area (Å²) in [5, 5.41) is 3.97. The number of aromatic nitrogens is 1. The van der Waals surface area contributed by atoms with Crippen molar-refractivity contribution in [2.75, 3.05) is 19.7 Å². The molecule has 2 rings (SSSR count). The van der Waals surface area contributed by atoms with Gasteiger partial charge in [-0.25, -0.2) is 9.78 Å².